The first-order valence-electron chi connectivity index (χ1n) is 13.6. The van der Waals surface area contributed by atoms with Crippen molar-refractivity contribution in [2.45, 2.75) is 119 Å². The number of hydrogen-bond acceptors (Lipinski definition) is 1. The van der Waals surface area contributed by atoms with Crippen molar-refractivity contribution in [3.05, 3.63) is 11.6 Å². The number of rotatable bonds is 0. The molecule has 176 valence electrons. The quantitative estimate of drug-likeness (QED) is 0.389. The summed E-state index contributed by atoms with van der Waals surface area (Å²) in [5, 5.41) is 12.0. The Morgan fingerprint density at radius 2 is 1.55 bits per heavy atom. The van der Waals surface area contributed by atoms with Gasteiger partial charge in [0, 0.05) is 0 Å². The van der Waals surface area contributed by atoms with Crippen LogP contribution in [0.4, 0.5) is 0 Å². The first-order chi connectivity index (χ1) is 14.3. The predicted octanol–water partition coefficient (Wildman–Crippen LogP) is 8.02. The van der Waals surface area contributed by atoms with Crippen LogP contribution in [0.3, 0.4) is 0 Å². The Labute approximate surface area is 192 Å². The van der Waals surface area contributed by atoms with Crippen molar-refractivity contribution >= 4 is 0 Å². The zero-order chi connectivity index (χ0) is 22.6. The van der Waals surface area contributed by atoms with Crippen LogP contribution in [0.1, 0.15) is 113 Å². The van der Waals surface area contributed by atoms with Crippen molar-refractivity contribution < 1.29 is 5.11 Å². The molecule has 0 bridgehead atoms. The van der Waals surface area contributed by atoms with Gasteiger partial charge in [0.15, 0.2) is 0 Å². The second-order valence-electron chi connectivity index (χ2n) is 14.8. The Kier molecular flexibility index (Phi) is 4.82. The lowest BCUT2D eigenvalue weighted by atomic mass is 9.31. The second-order valence-corrected chi connectivity index (χ2v) is 14.8. The Balaban J connectivity index is 1.59. The molecule has 0 aromatic rings. The van der Waals surface area contributed by atoms with Crippen molar-refractivity contribution in [3.63, 3.8) is 0 Å². The Morgan fingerprint density at radius 1 is 0.839 bits per heavy atom. The molecule has 0 amide bonds. The van der Waals surface area contributed by atoms with E-state index in [0.717, 1.165) is 12.3 Å². The zero-order valence-electron chi connectivity index (χ0n) is 21.9. The minimum Gasteiger partial charge on any atom is -0.393 e. The van der Waals surface area contributed by atoms with Gasteiger partial charge in [-0.2, -0.15) is 0 Å². The van der Waals surface area contributed by atoms with E-state index in [0.29, 0.717) is 45.3 Å². The lowest BCUT2D eigenvalue weighted by Gasteiger charge is -2.74. The third kappa shape index (κ3) is 2.71. The van der Waals surface area contributed by atoms with Crippen LogP contribution in [0.25, 0.3) is 0 Å². The summed E-state index contributed by atoms with van der Waals surface area (Å²) in [6.07, 6.45) is 14.3. The average molecular weight is 427 g/mol. The minimum atomic E-state index is -0.123. The standard InChI is InChI=1S/C30H50O/c1-19-10-14-27(5)16-17-30(8)25(24(27)20(19)2)21(31)18-23-28(6)13-9-12-26(3,4)22(28)11-15-29(23,30)7/h10,20-25,31H,9,11-18H2,1-8H3/t20-,21+,22-,23+,24-,25+,27+,28-,29+,30+/m0/s1. The highest BCUT2D eigenvalue weighted by Crippen LogP contribution is 2.76. The second kappa shape index (κ2) is 6.64. The van der Waals surface area contributed by atoms with Crippen molar-refractivity contribution in [1.82, 2.24) is 0 Å². The molecule has 10 atom stereocenters. The molecular formula is C30H50O. The van der Waals surface area contributed by atoms with Crippen LogP contribution in [-0.4, -0.2) is 11.2 Å². The van der Waals surface area contributed by atoms with E-state index in [1.54, 1.807) is 5.57 Å². The van der Waals surface area contributed by atoms with Crippen LogP contribution >= 0.6 is 0 Å². The fraction of sp³-hybridized carbons (Fsp3) is 0.933. The summed E-state index contributed by atoms with van der Waals surface area (Å²) < 4.78 is 0. The van der Waals surface area contributed by atoms with Gasteiger partial charge in [-0.25, -0.2) is 0 Å². The molecule has 0 aromatic heterocycles. The van der Waals surface area contributed by atoms with Gasteiger partial charge in [-0.1, -0.05) is 66.5 Å². The molecule has 0 heterocycles. The van der Waals surface area contributed by atoms with Gasteiger partial charge in [-0.05, 0) is 115 Å². The summed E-state index contributed by atoms with van der Waals surface area (Å²) in [6, 6.07) is 0. The van der Waals surface area contributed by atoms with Crippen molar-refractivity contribution in [2.75, 3.05) is 0 Å². The van der Waals surface area contributed by atoms with Gasteiger partial charge in [-0.15, -0.1) is 0 Å². The topological polar surface area (TPSA) is 20.2 Å². The highest BCUT2D eigenvalue weighted by molar-refractivity contribution is 5.23. The average Bonchev–Trinajstić information content (AvgIpc) is 2.67. The smallest absolute Gasteiger partial charge is 0.0579 e. The SMILES string of the molecule is CC1=CC[C@]2(C)CC[C@]3(C)[C@@H]([C@@H]2[C@H]1C)[C@H](O)C[C@@H]1[C@@]2(C)CCCC(C)(C)[C@@H]2CC[C@]13C. The third-order valence-corrected chi connectivity index (χ3v) is 13.3. The van der Waals surface area contributed by atoms with Crippen LogP contribution in [0.2, 0.25) is 0 Å². The largest absolute Gasteiger partial charge is 0.393 e. The molecule has 4 saturated carbocycles. The number of fused-ring (bicyclic) bond motifs is 7. The molecule has 1 nitrogen and oxygen atoms in total. The van der Waals surface area contributed by atoms with E-state index in [4.69, 9.17) is 0 Å². The van der Waals surface area contributed by atoms with Gasteiger partial charge in [0.05, 0.1) is 6.10 Å². The highest BCUT2D eigenvalue weighted by Gasteiger charge is 2.70. The third-order valence-electron chi connectivity index (χ3n) is 13.3. The fourth-order valence-electron chi connectivity index (χ4n) is 11.3. The summed E-state index contributed by atoms with van der Waals surface area (Å²) >= 11 is 0. The van der Waals surface area contributed by atoms with Gasteiger partial charge < -0.3 is 5.11 Å². The predicted molar refractivity (Wildman–Crippen MR) is 131 cm³/mol. The molecule has 1 heteroatoms. The first-order valence-corrected chi connectivity index (χ1v) is 13.6. The van der Waals surface area contributed by atoms with Crippen molar-refractivity contribution in [3.8, 4) is 0 Å². The molecule has 5 aliphatic rings. The maximum Gasteiger partial charge on any atom is 0.0579 e. The molecule has 0 radical (unpaired) electrons. The molecule has 1 N–H and O–H groups in total. The van der Waals surface area contributed by atoms with Crippen LogP contribution in [-0.2, 0) is 0 Å². The summed E-state index contributed by atoms with van der Waals surface area (Å²) in [4.78, 5) is 0. The van der Waals surface area contributed by atoms with Crippen molar-refractivity contribution in [2.24, 2.45) is 56.7 Å². The summed E-state index contributed by atoms with van der Waals surface area (Å²) in [5.74, 6) is 3.21. The maximum atomic E-state index is 12.0. The van der Waals surface area contributed by atoms with E-state index in [9.17, 15) is 5.11 Å². The molecule has 4 fully saturated rings. The molecule has 31 heavy (non-hydrogen) atoms. The Morgan fingerprint density at radius 3 is 2.26 bits per heavy atom. The van der Waals surface area contributed by atoms with E-state index in [1.165, 1.54) is 51.4 Å². The molecule has 0 saturated heterocycles. The molecule has 0 aromatic carbocycles. The van der Waals surface area contributed by atoms with Crippen LogP contribution in [0.5, 0.6) is 0 Å². The van der Waals surface area contributed by atoms with Gasteiger partial charge in [-0.3, -0.25) is 0 Å². The van der Waals surface area contributed by atoms with E-state index in [-0.39, 0.29) is 11.5 Å². The lowest BCUT2D eigenvalue weighted by Crippen LogP contribution is -2.69. The Bertz CT molecular complexity index is 779. The lowest BCUT2D eigenvalue weighted by molar-refractivity contribution is -0.268. The number of allylic oxidation sites excluding steroid dienone is 2. The molecule has 5 aliphatic carbocycles. The Hall–Kier alpha value is -0.300. The minimum absolute atomic E-state index is 0.123. The van der Waals surface area contributed by atoms with E-state index in [2.05, 4.69) is 61.5 Å². The first kappa shape index (κ1) is 22.5. The van der Waals surface area contributed by atoms with E-state index in [1.807, 2.05) is 0 Å². The number of aliphatic hydroxyl groups is 1. The van der Waals surface area contributed by atoms with E-state index < -0.39 is 0 Å². The fourth-order valence-corrected chi connectivity index (χ4v) is 11.3. The molecular weight excluding hydrogens is 376 g/mol. The maximum absolute atomic E-state index is 12.0. The molecule has 0 spiro atoms. The molecule has 0 unspecified atom stereocenters. The highest BCUT2D eigenvalue weighted by atomic mass is 16.3. The summed E-state index contributed by atoms with van der Waals surface area (Å²) in [7, 11) is 0. The summed E-state index contributed by atoms with van der Waals surface area (Å²) in [5.41, 5.74) is 3.45. The number of aliphatic hydroxyl groups excluding tert-OH is 1. The van der Waals surface area contributed by atoms with E-state index >= 15 is 0 Å². The molecule has 0 aliphatic heterocycles. The van der Waals surface area contributed by atoms with Gasteiger partial charge >= 0.3 is 0 Å². The van der Waals surface area contributed by atoms with Gasteiger partial charge in [0.1, 0.15) is 0 Å². The van der Waals surface area contributed by atoms with Gasteiger partial charge in [0.25, 0.3) is 0 Å². The van der Waals surface area contributed by atoms with Crippen LogP contribution in [0, 0.1) is 56.7 Å². The molecule has 5 rings (SSSR count). The van der Waals surface area contributed by atoms with Gasteiger partial charge in [0.2, 0.25) is 0 Å². The van der Waals surface area contributed by atoms with Crippen LogP contribution in [0.15, 0.2) is 11.6 Å². The number of hydrogen-bond donors (Lipinski definition) is 1. The van der Waals surface area contributed by atoms with Crippen LogP contribution < -0.4 is 0 Å². The monoisotopic (exact) mass is 426 g/mol. The zero-order valence-corrected chi connectivity index (χ0v) is 21.9. The normalized spacial score (nSPS) is 58.3. The van der Waals surface area contributed by atoms with Crippen molar-refractivity contribution in [1.29, 1.82) is 0 Å². The summed E-state index contributed by atoms with van der Waals surface area (Å²) in [6.45, 7) is 20.5.